The summed E-state index contributed by atoms with van der Waals surface area (Å²) in [5.41, 5.74) is 0.651. The zero-order chi connectivity index (χ0) is 14.7. The Hall–Kier alpha value is -1.53. The number of hydrogen-bond donors (Lipinski definition) is 1. The Morgan fingerprint density at radius 3 is 2.65 bits per heavy atom. The highest BCUT2D eigenvalue weighted by Crippen LogP contribution is 2.23. The highest BCUT2D eigenvalue weighted by Gasteiger charge is 2.12. The predicted octanol–water partition coefficient (Wildman–Crippen LogP) is 3.59. The zero-order valence-electron chi connectivity index (χ0n) is 10.2. The lowest BCUT2D eigenvalue weighted by atomic mass is 10.2. The fourth-order valence-corrected chi connectivity index (χ4v) is 3.42. The SMILES string of the molecule is O=C(O)c1cccc(S(=O)Cc2cccc(F)c2Br)c1. The lowest BCUT2D eigenvalue weighted by molar-refractivity contribution is 0.0696. The monoisotopic (exact) mass is 356 g/mol. The lowest BCUT2D eigenvalue weighted by Crippen LogP contribution is -2.01. The Morgan fingerprint density at radius 2 is 1.95 bits per heavy atom. The average Bonchev–Trinajstić information content (AvgIpc) is 2.44. The molecule has 0 aliphatic heterocycles. The van der Waals surface area contributed by atoms with Gasteiger partial charge in [-0.1, -0.05) is 18.2 Å². The van der Waals surface area contributed by atoms with Gasteiger partial charge in [0.25, 0.3) is 0 Å². The maximum absolute atomic E-state index is 13.4. The largest absolute Gasteiger partial charge is 0.478 e. The van der Waals surface area contributed by atoms with Gasteiger partial charge in [0, 0.05) is 4.90 Å². The van der Waals surface area contributed by atoms with E-state index in [-0.39, 0.29) is 15.8 Å². The van der Waals surface area contributed by atoms with Gasteiger partial charge in [-0.15, -0.1) is 0 Å². The van der Waals surface area contributed by atoms with Crippen LogP contribution in [0.5, 0.6) is 0 Å². The van der Waals surface area contributed by atoms with Crippen molar-refractivity contribution in [3.8, 4) is 0 Å². The van der Waals surface area contributed by atoms with Gasteiger partial charge in [-0.3, -0.25) is 4.21 Å². The topological polar surface area (TPSA) is 54.4 Å². The summed E-state index contributed by atoms with van der Waals surface area (Å²) in [4.78, 5) is 11.3. The molecule has 2 rings (SSSR count). The van der Waals surface area contributed by atoms with Crippen molar-refractivity contribution in [1.82, 2.24) is 0 Å². The van der Waals surface area contributed by atoms with Crippen LogP contribution in [0.15, 0.2) is 51.8 Å². The van der Waals surface area contributed by atoms with E-state index in [1.807, 2.05) is 0 Å². The fourth-order valence-electron chi connectivity index (χ4n) is 1.66. The van der Waals surface area contributed by atoms with Crippen molar-refractivity contribution in [1.29, 1.82) is 0 Å². The molecule has 0 saturated carbocycles. The molecule has 0 fully saturated rings. The van der Waals surface area contributed by atoms with Gasteiger partial charge in [0.15, 0.2) is 0 Å². The van der Waals surface area contributed by atoms with Crippen LogP contribution in [0.1, 0.15) is 15.9 Å². The molecule has 1 atom stereocenters. The van der Waals surface area contributed by atoms with Gasteiger partial charge in [0.05, 0.1) is 26.6 Å². The first kappa shape index (κ1) is 14.9. The van der Waals surface area contributed by atoms with Crippen LogP contribution in [-0.4, -0.2) is 15.3 Å². The molecule has 6 heteroatoms. The molecule has 0 aliphatic rings. The summed E-state index contributed by atoms with van der Waals surface area (Å²) in [6.45, 7) is 0. The lowest BCUT2D eigenvalue weighted by Gasteiger charge is -2.06. The van der Waals surface area contributed by atoms with Crippen LogP contribution >= 0.6 is 15.9 Å². The van der Waals surface area contributed by atoms with Crippen molar-refractivity contribution >= 4 is 32.7 Å². The maximum Gasteiger partial charge on any atom is 0.335 e. The molecule has 0 aromatic heterocycles. The van der Waals surface area contributed by atoms with Crippen molar-refractivity contribution in [3.63, 3.8) is 0 Å². The van der Waals surface area contributed by atoms with Crippen LogP contribution in [0.4, 0.5) is 4.39 Å². The molecule has 2 aromatic rings. The summed E-state index contributed by atoms with van der Waals surface area (Å²) >= 11 is 3.12. The minimum Gasteiger partial charge on any atom is -0.478 e. The Balaban J connectivity index is 2.26. The molecule has 0 aliphatic carbocycles. The third kappa shape index (κ3) is 3.32. The van der Waals surface area contributed by atoms with E-state index >= 15 is 0 Å². The number of hydrogen-bond acceptors (Lipinski definition) is 2. The second kappa shape index (κ2) is 6.28. The van der Waals surface area contributed by atoms with Gasteiger partial charge in [-0.25, -0.2) is 9.18 Å². The summed E-state index contributed by atoms with van der Waals surface area (Å²) in [6.07, 6.45) is 0. The second-order valence-corrected chi connectivity index (χ2v) is 6.28. The van der Waals surface area contributed by atoms with Gasteiger partial charge >= 0.3 is 5.97 Å². The number of halogens is 2. The highest BCUT2D eigenvalue weighted by atomic mass is 79.9. The molecular weight excluding hydrogens is 347 g/mol. The first-order valence-electron chi connectivity index (χ1n) is 5.63. The summed E-state index contributed by atoms with van der Waals surface area (Å²) < 4.78 is 25.9. The molecule has 3 nitrogen and oxygen atoms in total. The van der Waals surface area contributed by atoms with Crippen LogP contribution in [0.25, 0.3) is 0 Å². The normalized spacial score (nSPS) is 12.1. The van der Waals surface area contributed by atoms with E-state index < -0.39 is 22.6 Å². The van der Waals surface area contributed by atoms with Crippen LogP contribution < -0.4 is 0 Å². The number of carboxylic acids is 1. The van der Waals surface area contributed by atoms with Crippen LogP contribution in [0.3, 0.4) is 0 Å². The Morgan fingerprint density at radius 1 is 1.25 bits per heavy atom. The summed E-state index contributed by atoms with van der Waals surface area (Å²) in [5.74, 6) is -1.38. The van der Waals surface area contributed by atoms with E-state index in [2.05, 4.69) is 15.9 Å². The number of rotatable bonds is 4. The summed E-state index contributed by atoms with van der Waals surface area (Å²) in [6, 6.07) is 10.5. The van der Waals surface area contributed by atoms with Gasteiger partial charge < -0.3 is 5.11 Å². The molecule has 1 unspecified atom stereocenters. The van der Waals surface area contributed by atoms with E-state index in [1.54, 1.807) is 18.2 Å². The minimum atomic E-state index is -1.44. The molecular formula is C14H10BrFO3S. The standard InChI is InChI=1S/C14H10BrFO3S/c15-13-10(4-2-6-12(13)16)8-20(19)11-5-1-3-9(7-11)14(17)18/h1-7H,8H2,(H,17,18). The third-order valence-corrected chi connectivity index (χ3v) is 4.90. The van der Waals surface area contributed by atoms with Crippen LogP contribution in [0.2, 0.25) is 0 Å². The Kier molecular flexibility index (Phi) is 4.67. The van der Waals surface area contributed by atoms with Gasteiger partial charge in [0.2, 0.25) is 0 Å². The molecule has 0 amide bonds. The van der Waals surface area contributed by atoms with E-state index in [1.165, 1.54) is 24.3 Å². The Labute approximate surface area is 126 Å². The summed E-state index contributed by atoms with van der Waals surface area (Å²) in [5, 5.41) is 8.91. The molecule has 0 bridgehead atoms. The van der Waals surface area contributed by atoms with Crippen molar-refractivity contribution in [3.05, 3.63) is 63.9 Å². The van der Waals surface area contributed by atoms with Gasteiger partial charge in [-0.05, 0) is 45.8 Å². The summed E-state index contributed by atoms with van der Waals surface area (Å²) in [7, 11) is -1.44. The minimum absolute atomic E-state index is 0.0779. The van der Waals surface area contributed by atoms with E-state index in [4.69, 9.17) is 5.11 Å². The molecule has 0 saturated heterocycles. The maximum atomic E-state index is 13.4. The molecule has 2 aromatic carbocycles. The van der Waals surface area contributed by atoms with E-state index in [0.29, 0.717) is 10.5 Å². The molecule has 104 valence electrons. The first-order chi connectivity index (χ1) is 9.49. The smallest absolute Gasteiger partial charge is 0.335 e. The van der Waals surface area contributed by atoms with Crippen molar-refractivity contribution in [2.24, 2.45) is 0 Å². The third-order valence-electron chi connectivity index (χ3n) is 2.66. The molecule has 1 N–H and O–H groups in total. The number of carbonyl (C=O) groups is 1. The fraction of sp³-hybridized carbons (Fsp3) is 0.0714. The van der Waals surface area contributed by atoms with Crippen LogP contribution in [-0.2, 0) is 16.6 Å². The first-order valence-corrected chi connectivity index (χ1v) is 7.75. The van der Waals surface area contributed by atoms with Gasteiger partial charge in [-0.2, -0.15) is 0 Å². The number of aromatic carboxylic acids is 1. The number of carboxylic acid groups (broad SMARTS) is 1. The van der Waals surface area contributed by atoms with Crippen molar-refractivity contribution < 1.29 is 18.5 Å². The molecule has 0 radical (unpaired) electrons. The second-order valence-electron chi connectivity index (χ2n) is 4.04. The number of benzene rings is 2. The van der Waals surface area contributed by atoms with Gasteiger partial charge in [0.1, 0.15) is 5.82 Å². The quantitative estimate of drug-likeness (QED) is 0.910. The zero-order valence-corrected chi connectivity index (χ0v) is 12.6. The van der Waals surface area contributed by atoms with Crippen LogP contribution in [0, 0.1) is 5.82 Å². The van der Waals surface area contributed by atoms with Crippen molar-refractivity contribution in [2.75, 3.05) is 0 Å². The van der Waals surface area contributed by atoms with Crippen molar-refractivity contribution in [2.45, 2.75) is 10.6 Å². The molecule has 0 heterocycles. The highest BCUT2D eigenvalue weighted by molar-refractivity contribution is 9.10. The Bertz CT molecular complexity index is 688. The molecule has 0 spiro atoms. The van der Waals surface area contributed by atoms with E-state index in [9.17, 15) is 13.4 Å². The molecule has 20 heavy (non-hydrogen) atoms. The van der Waals surface area contributed by atoms with E-state index in [0.717, 1.165) is 0 Å². The average molecular weight is 357 g/mol. The predicted molar refractivity (Wildman–Crippen MR) is 77.6 cm³/mol.